The zero-order valence-corrected chi connectivity index (χ0v) is 19.5. The lowest BCUT2D eigenvalue weighted by Gasteiger charge is -2.29. The van der Waals surface area contributed by atoms with Crippen LogP contribution in [0, 0.1) is 12.3 Å². The second-order valence-corrected chi connectivity index (χ2v) is 9.08. The Labute approximate surface area is 195 Å². The van der Waals surface area contributed by atoms with Crippen LogP contribution in [-0.4, -0.2) is 41.8 Å². The lowest BCUT2D eigenvalue weighted by Crippen LogP contribution is -2.44. The molecule has 1 fully saturated rings. The summed E-state index contributed by atoms with van der Waals surface area (Å²) in [7, 11) is 1.68. The molecule has 2 atom stereocenters. The lowest BCUT2D eigenvalue weighted by molar-refractivity contribution is -0.133. The first-order valence-corrected chi connectivity index (χ1v) is 11.5. The molecule has 0 unspecified atom stereocenters. The minimum Gasteiger partial charge on any atom is -0.359 e. The molecule has 0 aliphatic carbocycles. The molecule has 1 aliphatic heterocycles. The van der Waals surface area contributed by atoms with Gasteiger partial charge in [0.05, 0.1) is 11.3 Å². The topological polar surface area (TPSA) is 62.3 Å². The van der Waals surface area contributed by atoms with Crippen LogP contribution in [0.15, 0.2) is 73.1 Å². The van der Waals surface area contributed by atoms with E-state index in [2.05, 4.69) is 22.4 Å². The molecule has 1 aromatic heterocycles. The highest BCUT2D eigenvalue weighted by Gasteiger charge is 2.46. The van der Waals surface area contributed by atoms with Crippen LogP contribution in [0.3, 0.4) is 0 Å². The number of hydrogen-bond acceptors (Lipinski definition) is 3. The smallest absolute Gasteiger partial charge is 0.229 e. The van der Waals surface area contributed by atoms with Crippen LogP contribution in [0.2, 0.25) is 0 Å². The fourth-order valence-corrected chi connectivity index (χ4v) is 4.85. The molecule has 33 heavy (non-hydrogen) atoms. The molecule has 170 valence electrons. The maximum atomic E-state index is 13.4. The second-order valence-electron chi connectivity index (χ2n) is 9.08. The van der Waals surface area contributed by atoms with E-state index in [-0.39, 0.29) is 17.7 Å². The molecular weight excluding hydrogens is 410 g/mol. The van der Waals surface area contributed by atoms with Crippen molar-refractivity contribution in [1.29, 1.82) is 0 Å². The minimum absolute atomic E-state index is 0.0122. The fourth-order valence-electron chi connectivity index (χ4n) is 4.85. The zero-order valence-electron chi connectivity index (χ0n) is 19.5. The first-order chi connectivity index (χ1) is 15.9. The summed E-state index contributed by atoms with van der Waals surface area (Å²) in [5, 5.41) is 2.86. The summed E-state index contributed by atoms with van der Waals surface area (Å²) in [6.07, 6.45) is 4.81. The third-order valence-electron chi connectivity index (χ3n) is 6.84. The number of aryl methyl sites for hydroxylation is 1. The molecule has 5 heteroatoms. The Kier molecular flexibility index (Phi) is 6.59. The van der Waals surface area contributed by atoms with Crippen molar-refractivity contribution in [3.63, 3.8) is 0 Å². The van der Waals surface area contributed by atoms with Crippen LogP contribution in [0.5, 0.6) is 0 Å². The highest BCUT2D eigenvalue weighted by Crippen LogP contribution is 2.38. The molecule has 1 N–H and O–H groups in total. The van der Waals surface area contributed by atoms with Crippen molar-refractivity contribution in [2.75, 3.05) is 20.1 Å². The van der Waals surface area contributed by atoms with Gasteiger partial charge in [-0.05, 0) is 49.4 Å². The number of aromatic nitrogens is 1. The Bertz CT molecular complexity index is 1130. The minimum atomic E-state index is -0.657. The maximum absolute atomic E-state index is 13.4. The van der Waals surface area contributed by atoms with Crippen molar-refractivity contribution in [2.24, 2.45) is 5.41 Å². The molecule has 4 rings (SSSR count). The fraction of sp³-hybridized carbons (Fsp3) is 0.321. The highest BCUT2D eigenvalue weighted by atomic mass is 16.2. The van der Waals surface area contributed by atoms with E-state index >= 15 is 0 Å². The number of hydrogen-bond donors (Lipinski definition) is 1. The van der Waals surface area contributed by atoms with Crippen LogP contribution < -0.4 is 5.32 Å². The van der Waals surface area contributed by atoms with Gasteiger partial charge in [-0.3, -0.25) is 14.6 Å². The van der Waals surface area contributed by atoms with Crippen molar-refractivity contribution in [2.45, 2.75) is 32.6 Å². The maximum Gasteiger partial charge on any atom is 0.229 e. The summed E-state index contributed by atoms with van der Waals surface area (Å²) >= 11 is 0. The number of carbonyl (C=O) groups is 2. The van der Waals surface area contributed by atoms with Gasteiger partial charge in [0, 0.05) is 38.1 Å². The van der Waals surface area contributed by atoms with Gasteiger partial charge in [0.1, 0.15) is 0 Å². The number of likely N-dealkylation sites (tertiary alicyclic amines) is 1. The Morgan fingerprint density at radius 1 is 1.09 bits per heavy atom. The largest absolute Gasteiger partial charge is 0.359 e. The molecule has 2 aromatic carbocycles. The van der Waals surface area contributed by atoms with E-state index < -0.39 is 5.41 Å². The van der Waals surface area contributed by atoms with Gasteiger partial charge in [-0.25, -0.2) is 0 Å². The van der Waals surface area contributed by atoms with Crippen LogP contribution in [-0.2, 0) is 16.0 Å². The normalized spacial score (nSPS) is 18.7. The lowest BCUT2D eigenvalue weighted by atomic mass is 9.78. The Balaban J connectivity index is 1.59. The van der Waals surface area contributed by atoms with Crippen LogP contribution in [0.1, 0.15) is 36.0 Å². The molecule has 0 radical (unpaired) electrons. The van der Waals surface area contributed by atoms with Crippen LogP contribution >= 0.6 is 0 Å². The van der Waals surface area contributed by atoms with Gasteiger partial charge in [0.25, 0.3) is 0 Å². The van der Waals surface area contributed by atoms with E-state index in [0.717, 1.165) is 22.3 Å². The number of nitrogens with zero attached hydrogens (tertiary/aromatic N) is 2. The summed E-state index contributed by atoms with van der Waals surface area (Å²) in [5.41, 5.74) is 4.71. The molecule has 1 saturated heterocycles. The first-order valence-electron chi connectivity index (χ1n) is 11.5. The number of pyridine rings is 1. The summed E-state index contributed by atoms with van der Waals surface area (Å²) in [5.74, 6) is -0.180. The molecule has 1 aliphatic rings. The van der Waals surface area contributed by atoms with Gasteiger partial charge in [0.15, 0.2) is 0 Å². The van der Waals surface area contributed by atoms with E-state index in [1.165, 1.54) is 5.56 Å². The van der Waals surface area contributed by atoms with Gasteiger partial charge < -0.3 is 10.2 Å². The van der Waals surface area contributed by atoms with Crippen LogP contribution in [0.4, 0.5) is 0 Å². The Morgan fingerprint density at radius 2 is 1.85 bits per heavy atom. The van der Waals surface area contributed by atoms with Gasteiger partial charge in [0.2, 0.25) is 11.8 Å². The first kappa shape index (κ1) is 22.7. The monoisotopic (exact) mass is 441 g/mol. The molecule has 0 bridgehead atoms. The average Bonchev–Trinajstić information content (AvgIpc) is 3.29. The number of rotatable bonds is 6. The molecule has 0 spiro atoms. The van der Waals surface area contributed by atoms with Crippen molar-refractivity contribution >= 4 is 11.8 Å². The predicted molar refractivity (Wildman–Crippen MR) is 131 cm³/mol. The highest BCUT2D eigenvalue weighted by molar-refractivity contribution is 5.88. The predicted octanol–water partition coefficient (Wildman–Crippen LogP) is 4.37. The molecule has 3 aromatic rings. The molecule has 0 saturated carbocycles. The summed E-state index contributed by atoms with van der Waals surface area (Å²) in [6.45, 7) is 4.99. The summed E-state index contributed by atoms with van der Waals surface area (Å²) in [6, 6.07) is 20.2. The van der Waals surface area contributed by atoms with E-state index in [1.807, 2.05) is 73.5 Å². The van der Waals surface area contributed by atoms with Crippen molar-refractivity contribution in [1.82, 2.24) is 15.2 Å². The van der Waals surface area contributed by atoms with Crippen LogP contribution in [0.25, 0.3) is 11.1 Å². The van der Waals surface area contributed by atoms with E-state index in [4.69, 9.17) is 0 Å². The van der Waals surface area contributed by atoms with Crippen molar-refractivity contribution in [3.8, 4) is 11.1 Å². The zero-order chi connectivity index (χ0) is 23.4. The van der Waals surface area contributed by atoms with Crippen molar-refractivity contribution in [3.05, 3.63) is 89.7 Å². The van der Waals surface area contributed by atoms with Gasteiger partial charge in [-0.1, -0.05) is 60.2 Å². The molecule has 2 heterocycles. The van der Waals surface area contributed by atoms with Gasteiger partial charge >= 0.3 is 0 Å². The van der Waals surface area contributed by atoms with Gasteiger partial charge in [-0.2, -0.15) is 0 Å². The third-order valence-corrected chi connectivity index (χ3v) is 6.84. The summed E-state index contributed by atoms with van der Waals surface area (Å²) < 4.78 is 0. The number of carbonyl (C=O) groups excluding carboxylic acids is 2. The standard InChI is InChI=1S/C28H31N3O2/c1-20-10-12-22(13-11-20)21(2)26(32)31-16-14-28(19-31,27(33)29-3)17-23-7-4-5-9-25(23)24-8-6-15-30-18-24/h4-13,15,18,21H,14,16-17,19H2,1-3H3,(H,29,33)/t21-,28-/m0/s1. The van der Waals surface area contributed by atoms with E-state index in [9.17, 15) is 9.59 Å². The van der Waals surface area contributed by atoms with Crippen molar-refractivity contribution < 1.29 is 9.59 Å². The third kappa shape index (κ3) is 4.68. The average molecular weight is 442 g/mol. The molecular formula is C28H31N3O2. The quantitative estimate of drug-likeness (QED) is 0.618. The summed E-state index contributed by atoms with van der Waals surface area (Å²) in [4.78, 5) is 32.7. The number of benzene rings is 2. The SMILES string of the molecule is CNC(=O)[C@]1(Cc2ccccc2-c2cccnc2)CCN(C(=O)[C@@H](C)c2ccc(C)cc2)C1. The second kappa shape index (κ2) is 9.57. The molecule has 2 amide bonds. The van der Waals surface area contributed by atoms with Gasteiger partial charge in [-0.15, -0.1) is 0 Å². The van der Waals surface area contributed by atoms with E-state index in [1.54, 1.807) is 13.2 Å². The number of nitrogens with one attached hydrogen (secondary N) is 1. The molecule has 5 nitrogen and oxygen atoms in total. The Hall–Kier alpha value is -3.47. The number of amides is 2. The Morgan fingerprint density at radius 3 is 2.55 bits per heavy atom. The van der Waals surface area contributed by atoms with E-state index in [0.29, 0.717) is 25.9 Å².